The number of carbonyl (C=O) groups is 2. The fraction of sp³-hybridized carbons (Fsp3) is 0.118. The van der Waals surface area contributed by atoms with Gasteiger partial charge in [0.05, 0.1) is 15.8 Å². The first-order chi connectivity index (χ1) is 11.9. The first-order valence-electron chi connectivity index (χ1n) is 7.36. The number of nitrogen functional groups attached to an aromatic ring is 1. The van der Waals surface area contributed by atoms with Crippen molar-refractivity contribution in [2.75, 3.05) is 11.1 Å². The van der Waals surface area contributed by atoms with Crippen LogP contribution in [0.1, 0.15) is 17.3 Å². The van der Waals surface area contributed by atoms with Crippen LogP contribution in [-0.4, -0.2) is 23.0 Å². The van der Waals surface area contributed by atoms with Crippen molar-refractivity contribution in [2.24, 2.45) is 0 Å². The van der Waals surface area contributed by atoms with Gasteiger partial charge in [0.2, 0.25) is 0 Å². The Morgan fingerprint density at radius 3 is 2.68 bits per heavy atom. The number of carbonyl (C=O) groups excluding carboxylic acids is 2. The third-order valence-electron chi connectivity index (χ3n) is 3.41. The number of nitrogens with one attached hydrogen (secondary N) is 1. The van der Waals surface area contributed by atoms with Crippen molar-refractivity contribution in [3.05, 3.63) is 53.8 Å². The van der Waals surface area contributed by atoms with E-state index in [1.165, 1.54) is 42.5 Å². The number of nitrogens with zero attached hydrogens (tertiary/aromatic N) is 1. The Labute approximate surface area is 146 Å². The SMILES string of the molecule is C[C@H](OC(=O)c1ccc2nc(N)sc2c1)C(=O)Nc1ccc(F)cc1. The molecule has 1 atom stereocenters. The van der Waals surface area contributed by atoms with Gasteiger partial charge in [0.25, 0.3) is 5.91 Å². The van der Waals surface area contributed by atoms with E-state index in [0.29, 0.717) is 21.9 Å². The molecule has 1 heterocycles. The summed E-state index contributed by atoms with van der Waals surface area (Å²) in [7, 11) is 0. The molecule has 3 rings (SSSR count). The highest BCUT2D eigenvalue weighted by Gasteiger charge is 2.19. The quantitative estimate of drug-likeness (QED) is 0.698. The molecule has 0 spiro atoms. The number of esters is 1. The molecule has 2 aromatic carbocycles. The molecule has 0 saturated carbocycles. The number of benzene rings is 2. The molecule has 8 heteroatoms. The molecule has 3 N–H and O–H groups in total. The molecule has 0 aliphatic carbocycles. The molecular formula is C17H14FN3O3S. The summed E-state index contributed by atoms with van der Waals surface area (Å²) < 4.78 is 18.8. The largest absolute Gasteiger partial charge is 0.449 e. The van der Waals surface area contributed by atoms with Gasteiger partial charge < -0.3 is 15.8 Å². The number of hydrogen-bond acceptors (Lipinski definition) is 6. The van der Waals surface area contributed by atoms with Crippen LogP contribution in [-0.2, 0) is 9.53 Å². The lowest BCUT2D eigenvalue weighted by atomic mass is 10.2. The molecule has 0 aliphatic rings. The molecule has 0 radical (unpaired) electrons. The highest BCUT2D eigenvalue weighted by Crippen LogP contribution is 2.25. The Morgan fingerprint density at radius 1 is 1.24 bits per heavy atom. The van der Waals surface area contributed by atoms with Gasteiger partial charge in [-0.3, -0.25) is 4.79 Å². The summed E-state index contributed by atoms with van der Waals surface area (Å²) in [5.41, 5.74) is 7.05. The number of nitrogens with two attached hydrogens (primary N) is 1. The van der Waals surface area contributed by atoms with Crippen molar-refractivity contribution in [3.8, 4) is 0 Å². The van der Waals surface area contributed by atoms with Crippen molar-refractivity contribution in [3.63, 3.8) is 0 Å². The van der Waals surface area contributed by atoms with Gasteiger partial charge in [-0.05, 0) is 49.4 Å². The van der Waals surface area contributed by atoms with E-state index in [0.717, 1.165) is 4.70 Å². The second kappa shape index (κ2) is 6.86. The number of aromatic nitrogens is 1. The minimum absolute atomic E-state index is 0.303. The van der Waals surface area contributed by atoms with Crippen LogP contribution < -0.4 is 11.1 Å². The third-order valence-corrected chi connectivity index (χ3v) is 4.25. The zero-order valence-corrected chi connectivity index (χ0v) is 14.0. The Balaban J connectivity index is 1.65. The molecule has 0 saturated heterocycles. The molecule has 1 aromatic heterocycles. The zero-order chi connectivity index (χ0) is 18.0. The molecule has 1 amide bonds. The van der Waals surface area contributed by atoms with Gasteiger partial charge in [0.1, 0.15) is 5.82 Å². The summed E-state index contributed by atoms with van der Waals surface area (Å²) in [6.07, 6.45) is -1.01. The van der Waals surface area contributed by atoms with Crippen molar-refractivity contribution < 1.29 is 18.7 Å². The van der Waals surface area contributed by atoms with Crippen LogP contribution in [0, 0.1) is 5.82 Å². The topological polar surface area (TPSA) is 94.3 Å². The van der Waals surface area contributed by atoms with Crippen LogP contribution in [0.25, 0.3) is 10.2 Å². The second-order valence-electron chi connectivity index (χ2n) is 5.28. The van der Waals surface area contributed by atoms with Gasteiger partial charge in [-0.15, -0.1) is 0 Å². The van der Waals surface area contributed by atoms with E-state index in [1.54, 1.807) is 18.2 Å². The van der Waals surface area contributed by atoms with E-state index >= 15 is 0 Å². The van der Waals surface area contributed by atoms with Gasteiger partial charge in [-0.2, -0.15) is 0 Å². The molecule has 25 heavy (non-hydrogen) atoms. The summed E-state index contributed by atoms with van der Waals surface area (Å²) in [5.74, 6) is -1.55. The van der Waals surface area contributed by atoms with Gasteiger partial charge in [0.15, 0.2) is 11.2 Å². The van der Waals surface area contributed by atoms with Crippen LogP contribution >= 0.6 is 11.3 Å². The highest BCUT2D eigenvalue weighted by molar-refractivity contribution is 7.22. The average Bonchev–Trinajstić information content (AvgIpc) is 2.95. The number of thiazole rings is 1. The number of hydrogen-bond donors (Lipinski definition) is 2. The maximum atomic E-state index is 12.9. The van der Waals surface area contributed by atoms with Crippen molar-refractivity contribution in [2.45, 2.75) is 13.0 Å². The predicted molar refractivity (Wildman–Crippen MR) is 93.9 cm³/mol. The number of amides is 1. The zero-order valence-electron chi connectivity index (χ0n) is 13.2. The smallest absolute Gasteiger partial charge is 0.338 e. The van der Waals surface area contributed by atoms with Crippen LogP contribution in [0.3, 0.4) is 0 Å². The summed E-state index contributed by atoms with van der Waals surface area (Å²) in [4.78, 5) is 28.4. The molecule has 0 bridgehead atoms. The van der Waals surface area contributed by atoms with Gasteiger partial charge in [0, 0.05) is 5.69 Å². The van der Waals surface area contributed by atoms with E-state index in [1.807, 2.05) is 0 Å². The highest BCUT2D eigenvalue weighted by atomic mass is 32.1. The van der Waals surface area contributed by atoms with E-state index in [2.05, 4.69) is 10.3 Å². The predicted octanol–water partition coefficient (Wildman–Crippen LogP) is 3.20. The fourth-order valence-corrected chi connectivity index (χ4v) is 2.90. The van der Waals surface area contributed by atoms with E-state index in [4.69, 9.17) is 10.5 Å². The molecular weight excluding hydrogens is 345 g/mol. The van der Waals surface area contributed by atoms with Gasteiger partial charge in [-0.1, -0.05) is 11.3 Å². The van der Waals surface area contributed by atoms with E-state index in [-0.39, 0.29) is 0 Å². The standard InChI is InChI=1S/C17H14FN3O3S/c1-9(15(22)20-12-5-3-11(18)4-6-12)24-16(23)10-2-7-13-14(8-10)25-17(19)21-13/h2-9H,1H3,(H2,19,21)(H,20,22)/t9-/m0/s1. The van der Waals surface area contributed by atoms with Crippen LogP contribution in [0.15, 0.2) is 42.5 Å². The summed E-state index contributed by atoms with van der Waals surface area (Å²) in [6.45, 7) is 1.46. The Bertz CT molecular complexity index is 940. The van der Waals surface area contributed by atoms with E-state index in [9.17, 15) is 14.0 Å². The monoisotopic (exact) mass is 359 g/mol. The number of fused-ring (bicyclic) bond motifs is 1. The molecule has 0 aliphatic heterocycles. The average molecular weight is 359 g/mol. The molecule has 6 nitrogen and oxygen atoms in total. The third kappa shape index (κ3) is 3.92. The normalized spacial score (nSPS) is 11.9. The Hall–Kier alpha value is -3.00. The van der Waals surface area contributed by atoms with Crippen molar-refractivity contribution >= 4 is 44.2 Å². The maximum absolute atomic E-state index is 12.9. The number of halogens is 1. The lowest BCUT2D eigenvalue weighted by Crippen LogP contribution is -2.30. The van der Waals surface area contributed by atoms with Crippen LogP contribution in [0.2, 0.25) is 0 Å². The van der Waals surface area contributed by atoms with Crippen LogP contribution in [0.5, 0.6) is 0 Å². The fourth-order valence-electron chi connectivity index (χ4n) is 2.13. The Kier molecular flexibility index (Phi) is 4.62. The summed E-state index contributed by atoms with van der Waals surface area (Å²) in [5, 5.41) is 2.96. The second-order valence-corrected chi connectivity index (χ2v) is 6.34. The lowest BCUT2D eigenvalue weighted by molar-refractivity contribution is -0.123. The van der Waals surface area contributed by atoms with Gasteiger partial charge >= 0.3 is 5.97 Å². The Morgan fingerprint density at radius 2 is 1.96 bits per heavy atom. The molecule has 0 fully saturated rings. The molecule has 128 valence electrons. The maximum Gasteiger partial charge on any atom is 0.338 e. The number of rotatable bonds is 4. The molecule has 0 unspecified atom stereocenters. The van der Waals surface area contributed by atoms with Crippen molar-refractivity contribution in [1.82, 2.24) is 4.98 Å². The first kappa shape index (κ1) is 16.8. The number of ether oxygens (including phenoxy) is 1. The number of anilines is 2. The minimum atomic E-state index is -1.01. The van der Waals surface area contributed by atoms with E-state index < -0.39 is 23.8 Å². The first-order valence-corrected chi connectivity index (χ1v) is 8.17. The van der Waals surface area contributed by atoms with Crippen molar-refractivity contribution in [1.29, 1.82) is 0 Å². The lowest BCUT2D eigenvalue weighted by Gasteiger charge is -2.13. The summed E-state index contributed by atoms with van der Waals surface area (Å²) >= 11 is 1.26. The summed E-state index contributed by atoms with van der Waals surface area (Å²) in [6, 6.07) is 10.1. The van der Waals surface area contributed by atoms with Gasteiger partial charge in [-0.25, -0.2) is 14.2 Å². The van der Waals surface area contributed by atoms with Crippen LogP contribution in [0.4, 0.5) is 15.2 Å². The minimum Gasteiger partial charge on any atom is -0.449 e. The molecule has 3 aromatic rings.